The maximum absolute atomic E-state index is 13.6. The summed E-state index contributed by atoms with van der Waals surface area (Å²) in [6.07, 6.45) is 0. The molecule has 2 heterocycles. The molecule has 3 nitrogen and oxygen atoms in total. The summed E-state index contributed by atoms with van der Waals surface area (Å²) in [5.74, 6) is 0.0889. The first-order chi connectivity index (χ1) is 8.70. The van der Waals surface area contributed by atoms with E-state index >= 15 is 0 Å². The SMILES string of the molecule is FSn1nc(-c2csc3c(F)cccc23)nc1Br. The predicted octanol–water partition coefficient (Wildman–Crippen LogP) is 4.44. The van der Waals surface area contributed by atoms with Gasteiger partial charge in [0.05, 0.1) is 4.70 Å². The summed E-state index contributed by atoms with van der Waals surface area (Å²) in [6, 6.07) is 4.83. The molecule has 0 fully saturated rings. The zero-order valence-corrected chi connectivity index (χ0v) is 11.8. The average Bonchev–Trinajstić information content (AvgIpc) is 2.93. The summed E-state index contributed by atoms with van der Waals surface area (Å²) in [7, 11) is 0. The maximum Gasteiger partial charge on any atom is 0.209 e. The highest BCUT2D eigenvalue weighted by molar-refractivity contribution is 9.10. The Labute approximate surface area is 117 Å². The number of hydrogen-bond acceptors (Lipinski definition) is 4. The van der Waals surface area contributed by atoms with E-state index in [4.69, 9.17) is 0 Å². The van der Waals surface area contributed by atoms with E-state index in [1.165, 1.54) is 17.4 Å². The Morgan fingerprint density at radius 2 is 2.22 bits per heavy atom. The number of thiophene rings is 1. The van der Waals surface area contributed by atoms with Crippen molar-refractivity contribution in [2.75, 3.05) is 0 Å². The zero-order valence-electron chi connectivity index (χ0n) is 8.60. The van der Waals surface area contributed by atoms with Crippen molar-refractivity contribution < 1.29 is 8.28 Å². The topological polar surface area (TPSA) is 30.7 Å². The number of nitrogens with zero attached hydrogens (tertiary/aromatic N) is 3. The van der Waals surface area contributed by atoms with Gasteiger partial charge in [-0.2, -0.15) is 4.98 Å². The van der Waals surface area contributed by atoms with Crippen LogP contribution in [0.1, 0.15) is 0 Å². The van der Waals surface area contributed by atoms with E-state index in [0.717, 1.165) is 9.47 Å². The summed E-state index contributed by atoms with van der Waals surface area (Å²) in [4.78, 5) is 4.10. The monoisotopic (exact) mass is 347 g/mol. The van der Waals surface area contributed by atoms with Gasteiger partial charge in [0.1, 0.15) is 5.82 Å². The molecule has 0 spiro atoms. The molecule has 3 aromatic rings. The Bertz CT molecular complexity index is 725. The smallest absolute Gasteiger partial charge is 0.205 e. The molecule has 18 heavy (non-hydrogen) atoms. The van der Waals surface area contributed by atoms with Crippen molar-refractivity contribution in [3.63, 3.8) is 0 Å². The minimum Gasteiger partial charge on any atom is -0.205 e. The number of rotatable bonds is 2. The molecule has 2 aromatic heterocycles. The molecular formula is C10H4BrF2N3S2. The Morgan fingerprint density at radius 3 is 2.94 bits per heavy atom. The molecule has 0 bridgehead atoms. The van der Waals surface area contributed by atoms with Gasteiger partial charge in [0.15, 0.2) is 18.2 Å². The lowest BCUT2D eigenvalue weighted by molar-refractivity contribution is 0.642. The molecule has 92 valence electrons. The first-order valence-corrected chi connectivity index (χ1v) is 7.13. The molecule has 0 amide bonds. The second kappa shape index (κ2) is 4.60. The Kier molecular flexibility index (Phi) is 3.08. The predicted molar refractivity (Wildman–Crippen MR) is 72.6 cm³/mol. The van der Waals surface area contributed by atoms with Gasteiger partial charge in [0.25, 0.3) is 0 Å². The van der Waals surface area contributed by atoms with Crippen LogP contribution in [0, 0.1) is 5.82 Å². The average molecular weight is 348 g/mol. The lowest BCUT2D eigenvalue weighted by Crippen LogP contribution is -1.85. The van der Waals surface area contributed by atoms with Gasteiger partial charge in [0.2, 0.25) is 4.73 Å². The maximum atomic E-state index is 13.6. The van der Waals surface area contributed by atoms with E-state index in [0.29, 0.717) is 16.1 Å². The second-order valence-corrected chi connectivity index (χ2v) is 5.49. The number of fused-ring (bicyclic) bond motifs is 1. The second-order valence-electron chi connectivity index (χ2n) is 3.41. The van der Waals surface area contributed by atoms with Crippen LogP contribution in [-0.2, 0) is 0 Å². The number of benzene rings is 1. The van der Waals surface area contributed by atoms with Gasteiger partial charge in [-0.3, -0.25) is 0 Å². The number of aromatic nitrogens is 3. The highest BCUT2D eigenvalue weighted by Crippen LogP contribution is 2.34. The van der Waals surface area contributed by atoms with Crippen LogP contribution >= 0.6 is 39.6 Å². The van der Waals surface area contributed by atoms with Crippen molar-refractivity contribution in [3.8, 4) is 11.4 Å². The van der Waals surface area contributed by atoms with Crippen molar-refractivity contribution in [1.29, 1.82) is 0 Å². The molecule has 0 atom stereocenters. The van der Waals surface area contributed by atoms with Gasteiger partial charge in [-0.25, -0.2) is 4.39 Å². The van der Waals surface area contributed by atoms with E-state index in [2.05, 4.69) is 26.0 Å². The molecule has 0 aliphatic heterocycles. The highest BCUT2D eigenvalue weighted by Gasteiger charge is 2.15. The van der Waals surface area contributed by atoms with Crippen LogP contribution in [0.15, 0.2) is 28.3 Å². The molecule has 0 aliphatic rings. The molecule has 0 unspecified atom stereocenters. The van der Waals surface area contributed by atoms with Crippen molar-refractivity contribution in [2.45, 2.75) is 0 Å². The van der Waals surface area contributed by atoms with E-state index in [9.17, 15) is 8.28 Å². The molecule has 0 saturated carbocycles. The van der Waals surface area contributed by atoms with E-state index < -0.39 is 0 Å². The van der Waals surface area contributed by atoms with Crippen molar-refractivity contribution in [1.82, 2.24) is 14.2 Å². The normalized spacial score (nSPS) is 11.3. The zero-order chi connectivity index (χ0) is 12.7. The Morgan fingerprint density at radius 1 is 1.39 bits per heavy atom. The molecule has 0 aliphatic carbocycles. The molecule has 1 aromatic carbocycles. The molecule has 3 rings (SSSR count). The van der Waals surface area contributed by atoms with Crippen LogP contribution in [0.5, 0.6) is 0 Å². The molecule has 0 radical (unpaired) electrons. The minimum absolute atomic E-state index is 0.0524. The van der Waals surface area contributed by atoms with Crippen LogP contribution in [0.4, 0.5) is 8.28 Å². The molecule has 0 N–H and O–H groups in total. The first kappa shape index (κ1) is 12.1. The van der Waals surface area contributed by atoms with Gasteiger partial charge in [-0.15, -0.1) is 24.4 Å². The quantitative estimate of drug-likeness (QED) is 0.686. The lowest BCUT2D eigenvalue weighted by Gasteiger charge is -1.93. The third-order valence-electron chi connectivity index (χ3n) is 2.40. The fourth-order valence-electron chi connectivity index (χ4n) is 1.63. The summed E-state index contributed by atoms with van der Waals surface area (Å²) < 4.78 is 27.9. The summed E-state index contributed by atoms with van der Waals surface area (Å²) in [6.45, 7) is 0. The van der Waals surface area contributed by atoms with E-state index in [-0.39, 0.29) is 22.9 Å². The molecular weight excluding hydrogens is 344 g/mol. The van der Waals surface area contributed by atoms with Crippen molar-refractivity contribution in [3.05, 3.63) is 34.1 Å². The summed E-state index contributed by atoms with van der Waals surface area (Å²) in [5.41, 5.74) is 0.697. The van der Waals surface area contributed by atoms with Gasteiger partial charge in [-0.1, -0.05) is 12.1 Å². The fraction of sp³-hybridized carbons (Fsp3) is 0. The van der Waals surface area contributed by atoms with Crippen LogP contribution in [0.2, 0.25) is 0 Å². The van der Waals surface area contributed by atoms with Crippen LogP contribution < -0.4 is 0 Å². The number of hydrogen-bond donors (Lipinski definition) is 0. The third kappa shape index (κ3) is 1.84. The van der Waals surface area contributed by atoms with Crippen LogP contribution in [-0.4, -0.2) is 14.2 Å². The minimum atomic E-state index is -0.276. The van der Waals surface area contributed by atoms with Crippen molar-refractivity contribution >= 4 is 49.7 Å². The van der Waals surface area contributed by atoms with Crippen LogP contribution in [0.3, 0.4) is 0 Å². The Balaban J connectivity index is 2.22. The lowest BCUT2D eigenvalue weighted by atomic mass is 10.1. The van der Waals surface area contributed by atoms with Crippen LogP contribution in [0.25, 0.3) is 21.5 Å². The van der Waals surface area contributed by atoms with Gasteiger partial charge in [-0.05, 0) is 22.0 Å². The molecule has 8 heteroatoms. The number of halogens is 3. The van der Waals surface area contributed by atoms with Gasteiger partial charge < -0.3 is 0 Å². The summed E-state index contributed by atoms with van der Waals surface area (Å²) in [5, 5.41) is 6.48. The van der Waals surface area contributed by atoms with E-state index in [1.54, 1.807) is 17.5 Å². The van der Waals surface area contributed by atoms with Crippen molar-refractivity contribution in [2.24, 2.45) is 0 Å². The fourth-order valence-corrected chi connectivity index (χ4v) is 3.20. The third-order valence-corrected chi connectivity index (χ3v) is 4.54. The van der Waals surface area contributed by atoms with E-state index in [1.807, 2.05) is 0 Å². The summed E-state index contributed by atoms with van der Waals surface area (Å²) >= 11 is 4.32. The molecule has 0 saturated heterocycles. The van der Waals surface area contributed by atoms with Gasteiger partial charge in [0, 0.05) is 16.3 Å². The first-order valence-electron chi connectivity index (χ1n) is 4.78. The Hall–Kier alpha value is -0.990. The van der Waals surface area contributed by atoms with Gasteiger partial charge >= 0.3 is 0 Å². The largest absolute Gasteiger partial charge is 0.209 e. The highest BCUT2D eigenvalue weighted by atomic mass is 79.9. The standard InChI is InChI=1S/C10H4BrF2N3S2/c11-10-14-9(15-16(10)18-13)6-4-17-8-5(6)2-1-3-7(8)12/h1-4H.